The van der Waals surface area contributed by atoms with Gasteiger partial charge in [0.15, 0.2) is 17.5 Å². The van der Waals surface area contributed by atoms with Crippen LogP contribution in [-0.4, -0.2) is 19.5 Å². The fourth-order valence-electron chi connectivity index (χ4n) is 8.71. The van der Waals surface area contributed by atoms with Crippen molar-refractivity contribution in [3.8, 4) is 62.1 Å². The Hall–Kier alpha value is -8.15. The van der Waals surface area contributed by atoms with Gasteiger partial charge >= 0.3 is 0 Å². The minimum Gasteiger partial charge on any atom is -0.455 e. The summed E-state index contributed by atoms with van der Waals surface area (Å²) >= 11 is 0. The molecule has 0 saturated carbocycles. The van der Waals surface area contributed by atoms with Crippen molar-refractivity contribution in [1.82, 2.24) is 19.5 Å². The molecule has 0 aliphatic carbocycles. The maximum atomic E-state index is 6.85. The molecule has 0 atom stereocenters. The number of rotatable bonds is 6. The summed E-state index contributed by atoms with van der Waals surface area (Å²) in [7, 11) is 0. The van der Waals surface area contributed by atoms with Crippen LogP contribution in [0.3, 0.4) is 0 Å². The number of nitrogens with zero attached hydrogens (tertiary/aromatic N) is 4. The molecule has 12 aromatic rings. The van der Waals surface area contributed by atoms with E-state index in [1.807, 2.05) is 60.7 Å². The van der Waals surface area contributed by atoms with Crippen LogP contribution in [0.25, 0.3) is 117 Å². The fraction of sp³-hybridized carbons (Fsp3) is 0. The third-order valence-electron chi connectivity index (χ3n) is 11.6. The zero-order chi connectivity index (χ0) is 39.6. The van der Waals surface area contributed by atoms with Crippen molar-refractivity contribution in [3.05, 3.63) is 206 Å². The van der Waals surface area contributed by atoms with Gasteiger partial charge in [-0.2, -0.15) is 0 Å². The van der Waals surface area contributed by atoms with Crippen molar-refractivity contribution in [2.24, 2.45) is 0 Å². The van der Waals surface area contributed by atoms with E-state index in [0.717, 1.165) is 77.3 Å². The molecule has 0 aliphatic rings. The number of fused-ring (bicyclic) bond motifs is 7. The van der Waals surface area contributed by atoms with Crippen LogP contribution in [0, 0.1) is 0 Å². The average molecular weight is 767 g/mol. The molecule has 12 rings (SSSR count). The van der Waals surface area contributed by atoms with E-state index in [4.69, 9.17) is 19.4 Å². The summed E-state index contributed by atoms with van der Waals surface area (Å²) in [4.78, 5) is 14.8. The number of para-hydroxylation sites is 2. The van der Waals surface area contributed by atoms with Gasteiger partial charge in [0.05, 0.1) is 11.0 Å². The van der Waals surface area contributed by atoms with Crippen molar-refractivity contribution in [1.29, 1.82) is 0 Å². The van der Waals surface area contributed by atoms with Gasteiger partial charge in [0.1, 0.15) is 11.2 Å². The zero-order valence-electron chi connectivity index (χ0n) is 32.3. The molecule has 0 fully saturated rings. The van der Waals surface area contributed by atoms with Crippen molar-refractivity contribution in [2.45, 2.75) is 0 Å². The third kappa shape index (κ3) is 5.67. The summed E-state index contributed by atoms with van der Waals surface area (Å²) in [6, 6.07) is 72.2. The maximum Gasteiger partial charge on any atom is 0.164 e. The molecular formula is C55H34N4O. The van der Waals surface area contributed by atoms with Crippen LogP contribution in [-0.2, 0) is 0 Å². The molecule has 0 unspecified atom stereocenters. The second-order valence-corrected chi connectivity index (χ2v) is 15.2. The first-order chi connectivity index (χ1) is 29.7. The van der Waals surface area contributed by atoms with Gasteiger partial charge in [-0.15, -0.1) is 0 Å². The highest BCUT2D eigenvalue weighted by atomic mass is 16.3. The third-order valence-corrected chi connectivity index (χ3v) is 11.6. The minimum absolute atomic E-state index is 0.639. The molecule has 0 bridgehead atoms. The van der Waals surface area contributed by atoms with E-state index < -0.39 is 0 Å². The molecule has 5 nitrogen and oxygen atoms in total. The Kier molecular flexibility index (Phi) is 7.78. The van der Waals surface area contributed by atoms with Gasteiger partial charge in [-0.3, -0.25) is 0 Å². The van der Waals surface area contributed by atoms with Gasteiger partial charge in [0.25, 0.3) is 0 Å². The fourth-order valence-corrected chi connectivity index (χ4v) is 8.71. The zero-order valence-corrected chi connectivity index (χ0v) is 32.3. The van der Waals surface area contributed by atoms with E-state index in [0.29, 0.717) is 17.5 Å². The van der Waals surface area contributed by atoms with E-state index in [2.05, 4.69) is 150 Å². The Morgan fingerprint density at radius 2 is 0.817 bits per heavy atom. The molecule has 0 N–H and O–H groups in total. The van der Waals surface area contributed by atoms with Gasteiger partial charge in [-0.1, -0.05) is 158 Å². The number of furan rings is 1. The van der Waals surface area contributed by atoms with Crippen LogP contribution < -0.4 is 0 Å². The molecule has 280 valence electrons. The number of benzene rings is 9. The number of hydrogen-bond donors (Lipinski definition) is 0. The molecule has 9 aromatic carbocycles. The normalized spacial score (nSPS) is 11.7. The molecule has 0 radical (unpaired) electrons. The standard InChI is InChI=1S/C55H34N4O/c1-4-14-35(15-5-1)47-33-43(59-49-22-12-10-20-44(49)45-21-11-13-23-50(45)59)34-48-46-29-28-41(32-51(46)60-52(47)48)39-24-25-40-31-42(27-26-38(40)30-39)55-57-53(36-16-6-2-7-17-36)56-54(58-55)37-18-8-3-9-19-37/h1-34H. The molecule has 3 heterocycles. The quantitative estimate of drug-likeness (QED) is 0.169. The van der Waals surface area contributed by atoms with Crippen molar-refractivity contribution < 1.29 is 4.42 Å². The maximum absolute atomic E-state index is 6.85. The van der Waals surface area contributed by atoms with Crippen LogP contribution in [0.15, 0.2) is 211 Å². The lowest BCUT2D eigenvalue weighted by Gasteiger charge is -2.11. The van der Waals surface area contributed by atoms with E-state index in [9.17, 15) is 0 Å². The SMILES string of the molecule is c1ccc(-c2nc(-c3ccccc3)nc(-c3ccc4cc(-c5ccc6c(c5)oc5c(-c7ccccc7)cc(-n7c8ccccc8c8ccccc87)cc56)ccc4c3)n2)cc1. The topological polar surface area (TPSA) is 56.7 Å². The lowest BCUT2D eigenvalue weighted by Crippen LogP contribution is -2.00. The van der Waals surface area contributed by atoms with Gasteiger partial charge in [-0.05, 0) is 76.0 Å². The first-order valence-electron chi connectivity index (χ1n) is 20.2. The van der Waals surface area contributed by atoms with E-state index in [-0.39, 0.29) is 0 Å². The van der Waals surface area contributed by atoms with Gasteiger partial charge in [-0.25, -0.2) is 15.0 Å². The summed E-state index contributed by atoms with van der Waals surface area (Å²) < 4.78 is 9.24. The monoisotopic (exact) mass is 766 g/mol. The van der Waals surface area contributed by atoms with Gasteiger partial charge in [0.2, 0.25) is 0 Å². The molecule has 3 aromatic heterocycles. The molecule has 0 aliphatic heterocycles. The summed E-state index contributed by atoms with van der Waals surface area (Å²) in [6.45, 7) is 0. The average Bonchev–Trinajstić information content (AvgIpc) is 3.87. The molecule has 0 amide bonds. The van der Waals surface area contributed by atoms with E-state index >= 15 is 0 Å². The van der Waals surface area contributed by atoms with E-state index in [1.54, 1.807) is 0 Å². The Labute approximate surface area is 345 Å². The molecule has 0 saturated heterocycles. The first-order valence-corrected chi connectivity index (χ1v) is 20.2. The Morgan fingerprint density at radius 3 is 1.43 bits per heavy atom. The van der Waals surface area contributed by atoms with Crippen LogP contribution in [0.4, 0.5) is 0 Å². The first kappa shape index (κ1) is 33.9. The summed E-state index contributed by atoms with van der Waals surface area (Å²) in [5.74, 6) is 1.93. The lowest BCUT2D eigenvalue weighted by atomic mass is 9.98. The lowest BCUT2D eigenvalue weighted by molar-refractivity contribution is 0.670. The number of hydrogen-bond acceptors (Lipinski definition) is 4. The van der Waals surface area contributed by atoms with Crippen LogP contribution in [0.5, 0.6) is 0 Å². The summed E-state index contributed by atoms with van der Waals surface area (Å²) in [5.41, 5.74) is 12.4. The molecular weight excluding hydrogens is 733 g/mol. The van der Waals surface area contributed by atoms with Crippen molar-refractivity contribution >= 4 is 54.5 Å². The summed E-state index contributed by atoms with van der Waals surface area (Å²) in [6.07, 6.45) is 0. The summed E-state index contributed by atoms with van der Waals surface area (Å²) in [5, 5.41) is 6.88. The van der Waals surface area contributed by atoms with Crippen molar-refractivity contribution in [2.75, 3.05) is 0 Å². The highest BCUT2D eigenvalue weighted by Gasteiger charge is 2.19. The van der Waals surface area contributed by atoms with Crippen molar-refractivity contribution in [3.63, 3.8) is 0 Å². The Balaban J connectivity index is 0.959. The highest BCUT2D eigenvalue weighted by Crippen LogP contribution is 2.42. The van der Waals surface area contributed by atoms with E-state index in [1.165, 1.54) is 21.8 Å². The Morgan fingerprint density at radius 1 is 0.333 bits per heavy atom. The predicted molar refractivity (Wildman–Crippen MR) is 246 cm³/mol. The van der Waals surface area contributed by atoms with Crippen LogP contribution >= 0.6 is 0 Å². The number of aromatic nitrogens is 4. The minimum atomic E-state index is 0.639. The highest BCUT2D eigenvalue weighted by molar-refractivity contribution is 6.13. The largest absolute Gasteiger partial charge is 0.455 e. The van der Waals surface area contributed by atoms with Crippen LogP contribution in [0.2, 0.25) is 0 Å². The predicted octanol–water partition coefficient (Wildman–Crippen LogP) is 14.4. The molecule has 0 spiro atoms. The smallest absolute Gasteiger partial charge is 0.164 e. The van der Waals surface area contributed by atoms with Gasteiger partial charge < -0.3 is 8.98 Å². The molecule has 5 heteroatoms. The molecule has 60 heavy (non-hydrogen) atoms. The van der Waals surface area contributed by atoms with Gasteiger partial charge in [0, 0.05) is 49.5 Å². The second kappa shape index (κ2) is 13.8. The van der Waals surface area contributed by atoms with Crippen LogP contribution in [0.1, 0.15) is 0 Å². The second-order valence-electron chi connectivity index (χ2n) is 15.2. The Bertz CT molecular complexity index is 3480.